The van der Waals surface area contributed by atoms with Crippen molar-refractivity contribution in [3.05, 3.63) is 29.2 Å². The Morgan fingerprint density at radius 2 is 2.00 bits per heavy atom. The molecule has 206 valence electrons. The normalized spacial score (nSPS) is 23.9. The molecular formula is C26H33ClFN5O4S. The molecule has 2 aromatic heterocycles. The molecule has 0 bridgehead atoms. The minimum Gasteiger partial charge on any atom is -0.464 e. The molecule has 0 unspecified atom stereocenters. The van der Waals surface area contributed by atoms with Crippen LogP contribution in [0.3, 0.4) is 0 Å². The van der Waals surface area contributed by atoms with Crippen LogP contribution in [-0.4, -0.2) is 85.3 Å². The number of piperidine rings is 1. The Morgan fingerprint density at radius 3 is 2.61 bits per heavy atom. The van der Waals surface area contributed by atoms with Crippen molar-refractivity contribution in [3.8, 4) is 0 Å². The number of ether oxygens (including phenoxy) is 2. The second-order valence-electron chi connectivity index (χ2n) is 10.7. The monoisotopic (exact) mass is 565 g/mol. The number of aromatic nitrogens is 3. The van der Waals surface area contributed by atoms with E-state index in [9.17, 15) is 14.3 Å². The van der Waals surface area contributed by atoms with Crippen molar-refractivity contribution in [2.75, 3.05) is 63.0 Å². The van der Waals surface area contributed by atoms with Gasteiger partial charge in [-0.2, -0.15) is 0 Å². The first-order chi connectivity index (χ1) is 18.2. The van der Waals surface area contributed by atoms with E-state index in [1.807, 2.05) is 4.90 Å². The largest absolute Gasteiger partial charge is 0.464 e. The van der Waals surface area contributed by atoms with E-state index in [1.54, 1.807) is 18.5 Å². The summed E-state index contributed by atoms with van der Waals surface area (Å²) in [6.45, 7) is 6.53. The van der Waals surface area contributed by atoms with Crippen LogP contribution < -0.4 is 9.80 Å². The van der Waals surface area contributed by atoms with Gasteiger partial charge in [-0.05, 0) is 31.7 Å². The summed E-state index contributed by atoms with van der Waals surface area (Å²) in [5.41, 5.74) is -0.431. The Balaban J connectivity index is 1.34. The molecule has 0 amide bonds. The highest BCUT2D eigenvalue weighted by Crippen LogP contribution is 2.47. The van der Waals surface area contributed by atoms with Gasteiger partial charge in [0.05, 0.1) is 43.1 Å². The van der Waals surface area contributed by atoms with Crippen molar-refractivity contribution in [2.45, 2.75) is 42.7 Å². The van der Waals surface area contributed by atoms with Crippen LogP contribution in [-0.2, 0) is 9.47 Å². The average Bonchev–Trinajstić information content (AvgIpc) is 3.19. The second-order valence-corrected chi connectivity index (χ2v) is 12.2. The Bertz CT molecular complexity index is 1190. The van der Waals surface area contributed by atoms with Gasteiger partial charge in [0, 0.05) is 42.7 Å². The predicted octanol–water partition coefficient (Wildman–Crippen LogP) is 3.87. The van der Waals surface area contributed by atoms with Crippen LogP contribution in [0.15, 0.2) is 28.4 Å². The van der Waals surface area contributed by atoms with E-state index >= 15 is 0 Å². The predicted molar refractivity (Wildman–Crippen MR) is 143 cm³/mol. The number of hydrogen-bond donors (Lipinski definition) is 1. The fraction of sp³-hybridized carbons (Fsp3) is 0.615. The zero-order chi connectivity index (χ0) is 27.1. The molecule has 5 rings (SSSR count). The highest BCUT2D eigenvalue weighted by molar-refractivity contribution is 7.99. The molecule has 9 nitrogen and oxygen atoms in total. The molecule has 3 aliphatic heterocycles. The molecule has 0 aliphatic carbocycles. The lowest BCUT2D eigenvalue weighted by Crippen LogP contribution is -2.60. The fourth-order valence-electron chi connectivity index (χ4n) is 5.68. The van der Waals surface area contributed by atoms with Crippen molar-refractivity contribution in [1.82, 2.24) is 15.0 Å². The van der Waals surface area contributed by atoms with Crippen LogP contribution in [0.4, 0.5) is 16.0 Å². The molecule has 1 N–H and O–H groups in total. The van der Waals surface area contributed by atoms with Gasteiger partial charge >= 0.3 is 5.97 Å². The summed E-state index contributed by atoms with van der Waals surface area (Å²) in [7, 11) is 1.33. The zero-order valence-corrected chi connectivity index (χ0v) is 23.4. The van der Waals surface area contributed by atoms with Crippen LogP contribution in [0.2, 0.25) is 5.02 Å². The molecule has 12 heteroatoms. The van der Waals surface area contributed by atoms with Crippen LogP contribution >= 0.6 is 23.4 Å². The minimum absolute atomic E-state index is 0.165. The van der Waals surface area contributed by atoms with Crippen LogP contribution in [0.25, 0.3) is 0 Å². The van der Waals surface area contributed by atoms with Crippen LogP contribution in [0.5, 0.6) is 0 Å². The third-order valence-corrected chi connectivity index (χ3v) is 9.94. The molecule has 0 saturated carbocycles. The molecule has 0 radical (unpaired) electrons. The summed E-state index contributed by atoms with van der Waals surface area (Å²) in [6, 6.07) is 1.76. The molecule has 0 aromatic carbocycles. The van der Waals surface area contributed by atoms with E-state index < -0.39 is 18.1 Å². The average molecular weight is 566 g/mol. The van der Waals surface area contributed by atoms with E-state index in [0.29, 0.717) is 45.6 Å². The van der Waals surface area contributed by atoms with Gasteiger partial charge < -0.3 is 24.4 Å². The molecule has 5 heterocycles. The number of carbonyl (C=O) groups is 1. The van der Waals surface area contributed by atoms with Gasteiger partial charge in [-0.1, -0.05) is 30.3 Å². The number of nitrogens with zero attached hydrogens (tertiary/aromatic N) is 5. The van der Waals surface area contributed by atoms with Crippen molar-refractivity contribution in [2.24, 2.45) is 16.7 Å². The van der Waals surface area contributed by atoms with Gasteiger partial charge in [0.2, 0.25) is 0 Å². The molecule has 3 fully saturated rings. The van der Waals surface area contributed by atoms with Gasteiger partial charge in [-0.25, -0.2) is 19.7 Å². The van der Waals surface area contributed by atoms with Crippen LogP contribution in [0.1, 0.15) is 37.2 Å². The quantitative estimate of drug-likeness (QED) is 0.498. The Kier molecular flexibility index (Phi) is 7.74. The zero-order valence-electron chi connectivity index (χ0n) is 21.8. The summed E-state index contributed by atoms with van der Waals surface area (Å²) in [5, 5.41) is 10.4. The van der Waals surface area contributed by atoms with E-state index in [4.69, 9.17) is 21.1 Å². The smallest absolute Gasteiger partial charge is 0.360 e. The number of hydrogen-bond acceptors (Lipinski definition) is 10. The van der Waals surface area contributed by atoms with Crippen molar-refractivity contribution >= 4 is 41.0 Å². The summed E-state index contributed by atoms with van der Waals surface area (Å²) in [4.78, 5) is 31.0. The standard InChI is InChI=1S/C26H33ClFN5O4S/c1-16-17(2)37-15-26(16)5-8-32(9-6-26)23-21(24(35)36-3)31-19(10-30-23)38-18-4-7-29-22(20(18)27)33-12-25(11-28,13-33)14-34/h4,7,10,16-17,34H,5-6,8-9,11-15H2,1-3H3/t16-,17+/m1/s1. The molecule has 2 aromatic rings. The second kappa shape index (κ2) is 10.7. The summed E-state index contributed by atoms with van der Waals surface area (Å²) in [6.07, 6.45) is 5.44. The number of esters is 1. The van der Waals surface area contributed by atoms with Crippen molar-refractivity contribution in [3.63, 3.8) is 0 Å². The maximum Gasteiger partial charge on any atom is 0.360 e. The van der Waals surface area contributed by atoms with Gasteiger partial charge in [0.25, 0.3) is 0 Å². The number of carbonyl (C=O) groups excluding carboxylic acids is 1. The molecule has 3 aliphatic rings. The molecule has 2 atom stereocenters. The van der Waals surface area contributed by atoms with Crippen molar-refractivity contribution < 1.29 is 23.8 Å². The topological polar surface area (TPSA) is 101 Å². The van der Waals surface area contributed by atoms with Gasteiger partial charge in [-0.15, -0.1) is 0 Å². The number of halogens is 2. The lowest BCUT2D eigenvalue weighted by molar-refractivity contribution is 0.0592. The Labute approximate surface area is 231 Å². The third kappa shape index (κ3) is 4.82. The van der Waals surface area contributed by atoms with Gasteiger partial charge in [-0.3, -0.25) is 4.39 Å². The maximum atomic E-state index is 13.4. The first kappa shape index (κ1) is 27.4. The number of aliphatic hydroxyl groups excluding tert-OH is 1. The van der Waals surface area contributed by atoms with E-state index in [1.165, 1.54) is 18.9 Å². The minimum atomic E-state index is -0.764. The Morgan fingerprint density at radius 1 is 1.26 bits per heavy atom. The van der Waals surface area contributed by atoms with E-state index in [-0.39, 0.29) is 23.8 Å². The number of alkyl halides is 1. The van der Waals surface area contributed by atoms with Gasteiger partial charge in [0.1, 0.15) is 17.5 Å². The number of anilines is 2. The molecule has 3 saturated heterocycles. The SMILES string of the molecule is COC(=O)c1nc(Sc2ccnc(N3CC(CO)(CF)C3)c2Cl)cnc1N1CCC2(CC1)CO[C@@H](C)[C@H]2C. The first-order valence-corrected chi connectivity index (χ1v) is 14.0. The van der Waals surface area contributed by atoms with Crippen molar-refractivity contribution in [1.29, 1.82) is 0 Å². The third-order valence-electron chi connectivity index (χ3n) is 8.49. The van der Waals surface area contributed by atoms with E-state index in [0.717, 1.165) is 32.5 Å². The number of aliphatic hydroxyl groups is 1. The number of rotatable bonds is 7. The summed E-state index contributed by atoms with van der Waals surface area (Å²) < 4.78 is 24.3. The van der Waals surface area contributed by atoms with Crippen LogP contribution in [0, 0.1) is 16.7 Å². The Hall–Kier alpha value is -2.21. The lowest BCUT2D eigenvalue weighted by Gasteiger charge is -2.48. The first-order valence-electron chi connectivity index (χ1n) is 12.8. The molecule has 38 heavy (non-hydrogen) atoms. The van der Waals surface area contributed by atoms with E-state index in [2.05, 4.69) is 33.7 Å². The molecule has 1 spiro atoms. The number of methoxy groups -OCH3 is 1. The molecular weight excluding hydrogens is 533 g/mol. The van der Waals surface area contributed by atoms with Gasteiger partial charge in [0.15, 0.2) is 11.5 Å². The lowest BCUT2D eigenvalue weighted by atomic mass is 9.70. The number of pyridine rings is 1. The summed E-state index contributed by atoms with van der Waals surface area (Å²) >= 11 is 7.94. The highest BCUT2D eigenvalue weighted by atomic mass is 35.5. The summed E-state index contributed by atoms with van der Waals surface area (Å²) in [5.74, 6) is 0.978. The fourth-order valence-corrected chi connectivity index (χ4v) is 6.81. The maximum absolute atomic E-state index is 13.4. The highest BCUT2D eigenvalue weighted by Gasteiger charge is 2.47.